The second-order valence-electron chi connectivity index (χ2n) is 8.71. The van der Waals surface area contributed by atoms with E-state index in [-0.39, 0.29) is 5.91 Å². The summed E-state index contributed by atoms with van der Waals surface area (Å²) in [7, 11) is 0. The Balaban J connectivity index is 0.000000261. The highest BCUT2D eigenvalue weighted by molar-refractivity contribution is 5.88. The molecule has 0 saturated carbocycles. The predicted molar refractivity (Wildman–Crippen MR) is 150 cm³/mol. The number of ether oxygens (including phenoxy) is 1. The lowest BCUT2D eigenvalue weighted by atomic mass is 10.2. The summed E-state index contributed by atoms with van der Waals surface area (Å²) in [5.41, 5.74) is 9.68. The predicted octanol–water partition coefficient (Wildman–Crippen LogP) is 4.45. The molecule has 1 amide bonds. The smallest absolute Gasteiger partial charge is 0.246 e. The number of fused-ring (bicyclic) bond motifs is 2. The summed E-state index contributed by atoms with van der Waals surface area (Å²) in [5, 5.41) is 7.36. The van der Waals surface area contributed by atoms with Gasteiger partial charge >= 0.3 is 0 Å². The van der Waals surface area contributed by atoms with Crippen molar-refractivity contribution in [2.45, 2.75) is 13.3 Å². The maximum Gasteiger partial charge on any atom is 0.246 e. The van der Waals surface area contributed by atoms with E-state index < -0.39 is 0 Å². The highest BCUT2D eigenvalue weighted by atomic mass is 16.5. The number of rotatable bonds is 5. The molecule has 0 bridgehead atoms. The van der Waals surface area contributed by atoms with Gasteiger partial charge in [-0.25, -0.2) is 24.5 Å². The van der Waals surface area contributed by atoms with Crippen LogP contribution in [0.2, 0.25) is 0 Å². The van der Waals surface area contributed by atoms with Crippen LogP contribution >= 0.6 is 0 Å². The summed E-state index contributed by atoms with van der Waals surface area (Å²) in [4.78, 5) is 29.7. The van der Waals surface area contributed by atoms with Crippen molar-refractivity contribution in [2.24, 2.45) is 0 Å². The van der Waals surface area contributed by atoms with Gasteiger partial charge in [0.25, 0.3) is 0 Å². The molecule has 39 heavy (non-hydrogen) atoms. The standard InChI is InChI=1S/C20H16N8O.C8H11NO/c1-12-8-13(26-20-19-15(22-10-24-20)3-5-17(21)27-19)2-4-16(12)29-14-6-7-28-18(9-14)23-11-25-28;1-2-8(10)9-6-4-3-5-7-9/h2-11H,1H3,(H2,21,27)(H,22,24,26);2-4H,1,5-7H2. The number of benzene rings is 1. The van der Waals surface area contributed by atoms with Crippen LogP contribution in [0.25, 0.3) is 16.7 Å². The summed E-state index contributed by atoms with van der Waals surface area (Å²) in [6.45, 7) is 6.97. The maximum absolute atomic E-state index is 10.9. The first-order chi connectivity index (χ1) is 19.0. The largest absolute Gasteiger partial charge is 0.457 e. The van der Waals surface area contributed by atoms with Crippen molar-refractivity contribution >= 4 is 39.9 Å². The van der Waals surface area contributed by atoms with Crippen molar-refractivity contribution < 1.29 is 9.53 Å². The van der Waals surface area contributed by atoms with Gasteiger partial charge in [-0.05, 0) is 61.4 Å². The third-order valence-electron chi connectivity index (χ3n) is 5.97. The van der Waals surface area contributed by atoms with Crippen LogP contribution in [0, 0.1) is 6.92 Å². The van der Waals surface area contributed by atoms with Gasteiger partial charge in [-0.1, -0.05) is 18.7 Å². The molecule has 0 fully saturated rings. The van der Waals surface area contributed by atoms with Crippen LogP contribution in [0.15, 0.2) is 86.1 Å². The topological polar surface area (TPSA) is 136 Å². The van der Waals surface area contributed by atoms with Crippen LogP contribution in [0.1, 0.15) is 12.0 Å². The third kappa shape index (κ3) is 5.99. The minimum absolute atomic E-state index is 0.0318. The van der Waals surface area contributed by atoms with Gasteiger partial charge in [-0.2, -0.15) is 5.10 Å². The number of hydrogen-bond acceptors (Lipinski definition) is 9. The van der Waals surface area contributed by atoms with E-state index in [2.05, 4.69) is 43.0 Å². The zero-order chi connectivity index (χ0) is 27.2. The van der Waals surface area contributed by atoms with Crippen LogP contribution in [0.3, 0.4) is 0 Å². The Hall–Kier alpha value is -5.32. The molecule has 0 radical (unpaired) electrons. The summed E-state index contributed by atoms with van der Waals surface area (Å²) >= 11 is 0. The number of pyridine rings is 2. The number of amides is 1. The number of hydrogen-bond donors (Lipinski definition) is 2. The van der Waals surface area contributed by atoms with Crippen LogP contribution in [-0.2, 0) is 4.79 Å². The quantitative estimate of drug-likeness (QED) is 0.254. The number of nitrogen functional groups attached to an aromatic ring is 1. The van der Waals surface area contributed by atoms with Gasteiger partial charge < -0.3 is 20.7 Å². The van der Waals surface area contributed by atoms with Gasteiger partial charge in [0.1, 0.15) is 35.5 Å². The van der Waals surface area contributed by atoms with Gasteiger partial charge in [-0.15, -0.1) is 0 Å². The molecule has 0 spiro atoms. The van der Waals surface area contributed by atoms with Crippen LogP contribution in [0.4, 0.5) is 17.3 Å². The molecule has 0 saturated heterocycles. The average Bonchev–Trinajstić information content (AvgIpc) is 3.43. The first-order valence-electron chi connectivity index (χ1n) is 12.3. The Morgan fingerprint density at radius 2 is 2.00 bits per heavy atom. The number of carbonyl (C=O) groups is 1. The Kier molecular flexibility index (Phi) is 7.39. The first-order valence-corrected chi connectivity index (χ1v) is 12.3. The number of anilines is 3. The molecule has 1 aromatic carbocycles. The number of nitrogens with one attached hydrogen (secondary N) is 1. The molecular formula is C28H27N9O2. The van der Waals surface area contributed by atoms with E-state index >= 15 is 0 Å². The van der Waals surface area contributed by atoms with Crippen molar-refractivity contribution in [1.29, 1.82) is 0 Å². The van der Waals surface area contributed by atoms with E-state index in [0.29, 0.717) is 22.9 Å². The summed E-state index contributed by atoms with van der Waals surface area (Å²) in [6, 6.07) is 13.0. The molecular weight excluding hydrogens is 494 g/mol. The van der Waals surface area contributed by atoms with Crippen LogP contribution < -0.4 is 15.8 Å². The molecule has 4 aromatic heterocycles. The molecule has 196 valence electrons. The minimum atomic E-state index is 0.0318. The summed E-state index contributed by atoms with van der Waals surface area (Å²) in [5.74, 6) is 2.47. The number of aromatic nitrogens is 6. The van der Waals surface area contributed by atoms with Gasteiger partial charge in [0.05, 0.1) is 5.52 Å². The molecule has 5 aromatic rings. The lowest BCUT2D eigenvalue weighted by Gasteiger charge is -2.21. The normalized spacial score (nSPS) is 12.6. The lowest BCUT2D eigenvalue weighted by molar-refractivity contribution is -0.125. The molecule has 0 atom stereocenters. The van der Waals surface area contributed by atoms with Crippen LogP contribution in [-0.4, -0.2) is 53.4 Å². The molecule has 0 unspecified atom stereocenters. The third-order valence-corrected chi connectivity index (χ3v) is 5.97. The zero-order valence-electron chi connectivity index (χ0n) is 21.4. The summed E-state index contributed by atoms with van der Waals surface area (Å²) < 4.78 is 7.69. The molecule has 11 nitrogen and oxygen atoms in total. The second-order valence-corrected chi connectivity index (χ2v) is 8.71. The number of carbonyl (C=O) groups excluding carboxylic acids is 1. The fourth-order valence-electron chi connectivity index (χ4n) is 3.98. The Labute approximate surface area is 224 Å². The fourth-order valence-corrected chi connectivity index (χ4v) is 3.98. The maximum atomic E-state index is 10.9. The highest BCUT2D eigenvalue weighted by Crippen LogP contribution is 2.29. The summed E-state index contributed by atoms with van der Waals surface area (Å²) in [6.07, 6.45) is 11.2. The van der Waals surface area contributed by atoms with E-state index in [0.717, 1.165) is 47.7 Å². The van der Waals surface area contributed by atoms with Crippen molar-refractivity contribution in [1.82, 2.24) is 34.4 Å². The molecule has 11 heteroatoms. The Bertz CT molecular complexity index is 1680. The second kappa shape index (κ2) is 11.4. The van der Waals surface area contributed by atoms with Gasteiger partial charge in [0.2, 0.25) is 5.91 Å². The number of nitrogens with zero attached hydrogens (tertiary/aromatic N) is 7. The van der Waals surface area contributed by atoms with Crippen molar-refractivity contribution in [3.8, 4) is 11.5 Å². The molecule has 0 aliphatic carbocycles. The molecule has 1 aliphatic rings. The Morgan fingerprint density at radius 1 is 1.10 bits per heavy atom. The SMILES string of the molecule is C=CC(=O)N1CC=CCC1.Cc1cc(Nc2ncnc3ccc(N)nc23)ccc1Oc1ccn2ncnc2c1. The number of aryl methyl sites for hydroxylation is 1. The number of nitrogens with two attached hydrogens (primary N) is 1. The first kappa shape index (κ1) is 25.3. The van der Waals surface area contributed by atoms with Crippen molar-refractivity contribution in [2.75, 3.05) is 24.1 Å². The molecule has 5 heterocycles. The lowest BCUT2D eigenvalue weighted by Crippen LogP contribution is -2.32. The van der Waals surface area contributed by atoms with Crippen LogP contribution in [0.5, 0.6) is 11.5 Å². The molecule has 3 N–H and O–H groups in total. The zero-order valence-corrected chi connectivity index (χ0v) is 21.4. The monoisotopic (exact) mass is 521 g/mol. The van der Waals surface area contributed by atoms with Crippen molar-refractivity contribution in [3.63, 3.8) is 0 Å². The minimum Gasteiger partial charge on any atom is -0.457 e. The Morgan fingerprint density at radius 3 is 2.79 bits per heavy atom. The van der Waals surface area contributed by atoms with Gasteiger partial charge in [0.15, 0.2) is 11.5 Å². The van der Waals surface area contributed by atoms with E-state index in [9.17, 15) is 4.79 Å². The van der Waals surface area contributed by atoms with E-state index in [4.69, 9.17) is 10.5 Å². The van der Waals surface area contributed by atoms with E-state index in [1.54, 1.807) is 15.5 Å². The van der Waals surface area contributed by atoms with Gasteiger partial charge in [0, 0.05) is 31.0 Å². The average molecular weight is 522 g/mol. The van der Waals surface area contributed by atoms with E-state index in [1.165, 1.54) is 18.7 Å². The fraction of sp³-hybridized carbons (Fsp3) is 0.143. The molecule has 1 aliphatic heterocycles. The van der Waals surface area contributed by atoms with E-state index in [1.807, 2.05) is 55.6 Å². The highest BCUT2D eigenvalue weighted by Gasteiger charge is 2.10. The molecule has 6 rings (SSSR count). The van der Waals surface area contributed by atoms with Gasteiger partial charge in [-0.3, -0.25) is 4.79 Å². The van der Waals surface area contributed by atoms with Crippen molar-refractivity contribution in [3.05, 3.63) is 91.7 Å².